The summed E-state index contributed by atoms with van der Waals surface area (Å²) in [4.78, 5) is 8.97. The van der Waals surface area contributed by atoms with Crippen LogP contribution in [-0.2, 0) is 0 Å². The van der Waals surface area contributed by atoms with Crippen LogP contribution in [0.25, 0.3) is 17.1 Å². The van der Waals surface area contributed by atoms with Crippen molar-refractivity contribution in [2.24, 2.45) is 0 Å². The molecule has 0 aliphatic carbocycles. The quantitative estimate of drug-likeness (QED) is 0.595. The van der Waals surface area contributed by atoms with Gasteiger partial charge in [0, 0.05) is 6.07 Å². The topological polar surface area (TPSA) is 55.2 Å². The number of rotatable bonds is 8. The number of hydrogen-bond donors (Lipinski definition) is 1. The van der Waals surface area contributed by atoms with Crippen LogP contribution in [0.15, 0.2) is 43.1 Å². The Morgan fingerprint density at radius 3 is 3.00 bits per heavy atom. The highest BCUT2D eigenvalue weighted by atomic mass is 16.5. The van der Waals surface area contributed by atoms with Crippen LogP contribution in [-0.4, -0.2) is 27.8 Å². The number of fused-ring (bicyclic) bond motifs is 1. The van der Waals surface area contributed by atoms with Gasteiger partial charge in [0.05, 0.1) is 29.0 Å². The van der Waals surface area contributed by atoms with Crippen molar-refractivity contribution in [1.82, 2.24) is 9.97 Å². The molecule has 1 atom stereocenters. The van der Waals surface area contributed by atoms with Crippen molar-refractivity contribution in [2.75, 3.05) is 6.61 Å². The highest BCUT2D eigenvalue weighted by Gasteiger charge is 2.00. The van der Waals surface area contributed by atoms with Gasteiger partial charge in [0.2, 0.25) is 0 Å². The van der Waals surface area contributed by atoms with Crippen molar-refractivity contribution in [3.63, 3.8) is 0 Å². The van der Waals surface area contributed by atoms with Crippen molar-refractivity contribution < 1.29 is 9.84 Å². The third kappa shape index (κ3) is 4.97. The maximum absolute atomic E-state index is 9.20. The zero-order valence-electron chi connectivity index (χ0n) is 12.9. The Hall–Kier alpha value is -2.20. The van der Waals surface area contributed by atoms with Crippen molar-refractivity contribution in [2.45, 2.75) is 32.3 Å². The molecule has 22 heavy (non-hydrogen) atoms. The van der Waals surface area contributed by atoms with Gasteiger partial charge in [0.15, 0.2) is 0 Å². The van der Waals surface area contributed by atoms with E-state index in [1.165, 1.54) is 0 Å². The second kappa shape index (κ2) is 8.29. The molecule has 1 aromatic carbocycles. The molecule has 1 heterocycles. The molecule has 0 bridgehead atoms. The standard InChI is InChI=1S/C18H22N2O2/c1-3-11-22-16-9-10-17-18(12-16)19-13-15(20-17)8-6-4-5-7-14(2)21/h3,6,8-10,12-14,21H,1,4-5,7,11H2,2H3. The van der Waals surface area contributed by atoms with Gasteiger partial charge in [-0.25, -0.2) is 4.98 Å². The Balaban J connectivity index is 2.01. The van der Waals surface area contributed by atoms with Crippen molar-refractivity contribution >= 4 is 17.1 Å². The van der Waals surface area contributed by atoms with Gasteiger partial charge in [-0.05, 0) is 44.4 Å². The summed E-state index contributed by atoms with van der Waals surface area (Å²) in [6.07, 6.45) is 9.99. The first kappa shape index (κ1) is 16.2. The van der Waals surface area contributed by atoms with E-state index in [1.54, 1.807) is 12.3 Å². The normalized spacial score (nSPS) is 12.6. The van der Waals surface area contributed by atoms with Gasteiger partial charge in [-0.2, -0.15) is 0 Å². The highest BCUT2D eigenvalue weighted by molar-refractivity contribution is 5.76. The van der Waals surface area contributed by atoms with E-state index in [9.17, 15) is 5.11 Å². The fraction of sp³-hybridized carbons (Fsp3) is 0.333. The van der Waals surface area contributed by atoms with Gasteiger partial charge in [0.25, 0.3) is 0 Å². The van der Waals surface area contributed by atoms with E-state index in [0.717, 1.165) is 41.7 Å². The third-order valence-electron chi connectivity index (χ3n) is 3.18. The van der Waals surface area contributed by atoms with E-state index in [4.69, 9.17) is 4.74 Å². The Bertz CT molecular complexity index is 651. The zero-order valence-corrected chi connectivity index (χ0v) is 12.9. The molecule has 0 spiro atoms. The molecule has 1 N–H and O–H groups in total. The maximum Gasteiger partial charge on any atom is 0.122 e. The molecular formula is C18H22N2O2. The van der Waals surface area contributed by atoms with E-state index in [0.29, 0.717) is 6.61 Å². The number of aliphatic hydroxyl groups is 1. The van der Waals surface area contributed by atoms with Crippen LogP contribution in [0.3, 0.4) is 0 Å². The number of unbranched alkanes of at least 4 members (excludes halogenated alkanes) is 1. The first-order chi connectivity index (χ1) is 10.7. The molecule has 2 aromatic rings. The SMILES string of the molecule is C=CCOc1ccc2nc(C=CCCCC(C)O)cnc2c1. The molecule has 0 fully saturated rings. The molecule has 2 rings (SSSR count). The first-order valence-corrected chi connectivity index (χ1v) is 7.54. The van der Waals surface area contributed by atoms with Crippen molar-refractivity contribution in [3.8, 4) is 5.75 Å². The monoisotopic (exact) mass is 298 g/mol. The predicted octanol–water partition coefficient (Wildman–Crippen LogP) is 3.76. The predicted molar refractivity (Wildman–Crippen MR) is 89.8 cm³/mol. The number of ether oxygens (including phenoxy) is 1. The van der Waals surface area contributed by atoms with Gasteiger partial charge in [-0.3, -0.25) is 4.98 Å². The Labute approximate surface area is 131 Å². The smallest absolute Gasteiger partial charge is 0.122 e. The van der Waals surface area contributed by atoms with Crippen molar-refractivity contribution in [3.05, 3.63) is 48.8 Å². The summed E-state index contributed by atoms with van der Waals surface area (Å²) in [5.74, 6) is 0.767. The highest BCUT2D eigenvalue weighted by Crippen LogP contribution is 2.18. The molecule has 116 valence electrons. The van der Waals surface area contributed by atoms with Crippen LogP contribution in [0.1, 0.15) is 31.9 Å². The lowest BCUT2D eigenvalue weighted by molar-refractivity contribution is 0.182. The Morgan fingerprint density at radius 1 is 1.36 bits per heavy atom. The summed E-state index contributed by atoms with van der Waals surface area (Å²) < 4.78 is 5.48. The lowest BCUT2D eigenvalue weighted by Gasteiger charge is -2.04. The minimum atomic E-state index is -0.230. The fourth-order valence-corrected chi connectivity index (χ4v) is 2.07. The second-order valence-corrected chi connectivity index (χ2v) is 5.23. The third-order valence-corrected chi connectivity index (χ3v) is 3.18. The zero-order chi connectivity index (χ0) is 15.8. The molecule has 4 nitrogen and oxygen atoms in total. The lowest BCUT2D eigenvalue weighted by Crippen LogP contribution is -1.97. The molecule has 0 amide bonds. The van der Waals surface area contributed by atoms with Gasteiger partial charge in [-0.15, -0.1) is 0 Å². The van der Waals surface area contributed by atoms with Crippen LogP contribution in [0.4, 0.5) is 0 Å². The molecular weight excluding hydrogens is 276 g/mol. The Kier molecular flexibility index (Phi) is 6.10. The lowest BCUT2D eigenvalue weighted by atomic mass is 10.1. The summed E-state index contributed by atoms with van der Waals surface area (Å²) in [6, 6.07) is 5.67. The van der Waals surface area contributed by atoms with Crippen LogP contribution in [0.2, 0.25) is 0 Å². The molecule has 0 radical (unpaired) electrons. The number of nitrogens with zero attached hydrogens (tertiary/aromatic N) is 2. The molecule has 0 saturated heterocycles. The number of allylic oxidation sites excluding steroid dienone is 1. The minimum Gasteiger partial charge on any atom is -0.489 e. The molecule has 0 aliphatic heterocycles. The summed E-state index contributed by atoms with van der Waals surface area (Å²) >= 11 is 0. The molecule has 1 aromatic heterocycles. The maximum atomic E-state index is 9.20. The van der Waals surface area contributed by atoms with Gasteiger partial charge in [-0.1, -0.05) is 18.7 Å². The molecule has 1 unspecified atom stereocenters. The van der Waals surface area contributed by atoms with Crippen LogP contribution < -0.4 is 4.74 Å². The van der Waals surface area contributed by atoms with Gasteiger partial charge >= 0.3 is 0 Å². The first-order valence-electron chi connectivity index (χ1n) is 7.54. The average molecular weight is 298 g/mol. The van der Waals surface area contributed by atoms with E-state index in [-0.39, 0.29) is 6.10 Å². The molecule has 0 aliphatic rings. The summed E-state index contributed by atoms with van der Waals surface area (Å²) in [7, 11) is 0. The summed E-state index contributed by atoms with van der Waals surface area (Å²) in [6.45, 7) is 5.92. The van der Waals surface area contributed by atoms with E-state index >= 15 is 0 Å². The van der Waals surface area contributed by atoms with Crippen LogP contribution in [0, 0.1) is 0 Å². The van der Waals surface area contributed by atoms with E-state index in [1.807, 2.05) is 31.2 Å². The van der Waals surface area contributed by atoms with E-state index in [2.05, 4.69) is 22.6 Å². The summed E-state index contributed by atoms with van der Waals surface area (Å²) in [5, 5.41) is 9.20. The minimum absolute atomic E-state index is 0.230. The Morgan fingerprint density at radius 2 is 2.23 bits per heavy atom. The van der Waals surface area contributed by atoms with Crippen LogP contribution >= 0.6 is 0 Å². The fourth-order valence-electron chi connectivity index (χ4n) is 2.07. The largest absolute Gasteiger partial charge is 0.489 e. The van der Waals surface area contributed by atoms with Gasteiger partial charge < -0.3 is 9.84 Å². The molecule has 0 saturated carbocycles. The number of hydrogen-bond acceptors (Lipinski definition) is 4. The second-order valence-electron chi connectivity index (χ2n) is 5.23. The van der Waals surface area contributed by atoms with Crippen molar-refractivity contribution in [1.29, 1.82) is 0 Å². The number of aliphatic hydroxyl groups excluding tert-OH is 1. The van der Waals surface area contributed by atoms with Crippen LogP contribution in [0.5, 0.6) is 5.75 Å². The molecule has 4 heteroatoms. The number of benzene rings is 1. The van der Waals surface area contributed by atoms with Gasteiger partial charge in [0.1, 0.15) is 12.4 Å². The average Bonchev–Trinajstić information content (AvgIpc) is 2.52. The number of aromatic nitrogens is 2. The van der Waals surface area contributed by atoms with E-state index < -0.39 is 0 Å². The summed E-state index contributed by atoms with van der Waals surface area (Å²) in [5.41, 5.74) is 2.49.